The molecule has 0 unspecified atom stereocenters. The third-order valence-electron chi connectivity index (χ3n) is 4.06. The Morgan fingerprint density at radius 3 is 2.42 bits per heavy atom. The lowest BCUT2D eigenvalue weighted by Crippen LogP contribution is -2.44. The molecule has 1 aliphatic rings. The second-order valence-electron chi connectivity index (χ2n) is 6.27. The highest BCUT2D eigenvalue weighted by molar-refractivity contribution is 7.93. The standard InChI is InChI=1S/C16H22N2O5S/c1-10(2)14(16(20)21)17-15(19)13-6-5-12(9-11(13)3)18-7-4-8-24(18,22)23/h5-6,9-10,14H,4,7-8H2,1-3H3,(H,17,19)(H,20,21)/t14-/m1/s1. The monoisotopic (exact) mass is 354 g/mol. The van der Waals surface area contributed by atoms with Crippen molar-refractivity contribution in [3.63, 3.8) is 0 Å². The summed E-state index contributed by atoms with van der Waals surface area (Å²) < 4.78 is 25.3. The molecule has 1 aliphatic heterocycles. The van der Waals surface area contributed by atoms with Crippen molar-refractivity contribution in [2.24, 2.45) is 5.92 Å². The molecule has 7 nitrogen and oxygen atoms in total. The largest absolute Gasteiger partial charge is 0.480 e. The number of carboxylic acids is 1. The first-order valence-electron chi connectivity index (χ1n) is 7.78. The van der Waals surface area contributed by atoms with Crippen molar-refractivity contribution in [3.05, 3.63) is 29.3 Å². The predicted molar refractivity (Wildman–Crippen MR) is 90.7 cm³/mol. The fourth-order valence-electron chi connectivity index (χ4n) is 2.72. The molecule has 0 bridgehead atoms. The van der Waals surface area contributed by atoms with Gasteiger partial charge in [-0.2, -0.15) is 0 Å². The average Bonchev–Trinajstić information content (AvgIpc) is 2.83. The van der Waals surface area contributed by atoms with Gasteiger partial charge in [0, 0.05) is 12.1 Å². The average molecular weight is 354 g/mol. The maximum absolute atomic E-state index is 12.3. The van der Waals surface area contributed by atoms with E-state index in [2.05, 4.69) is 5.32 Å². The van der Waals surface area contributed by atoms with E-state index < -0.39 is 27.9 Å². The van der Waals surface area contributed by atoms with Gasteiger partial charge in [0.1, 0.15) is 6.04 Å². The van der Waals surface area contributed by atoms with E-state index in [1.165, 1.54) is 10.4 Å². The van der Waals surface area contributed by atoms with Crippen LogP contribution in [-0.2, 0) is 14.8 Å². The van der Waals surface area contributed by atoms with Crippen LogP contribution in [0.2, 0.25) is 0 Å². The van der Waals surface area contributed by atoms with Crippen LogP contribution in [0.1, 0.15) is 36.2 Å². The van der Waals surface area contributed by atoms with Crippen LogP contribution in [0.15, 0.2) is 18.2 Å². The van der Waals surface area contributed by atoms with Gasteiger partial charge < -0.3 is 10.4 Å². The van der Waals surface area contributed by atoms with Gasteiger partial charge in [-0.15, -0.1) is 0 Å². The molecular weight excluding hydrogens is 332 g/mol. The smallest absolute Gasteiger partial charge is 0.326 e. The van der Waals surface area contributed by atoms with Gasteiger partial charge >= 0.3 is 5.97 Å². The number of aliphatic carboxylic acids is 1. The Kier molecular flexibility index (Phi) is 5.17. The van der Waals surface area contributed by atoms with Gasteiger partial charge in [0.15, 0.2) is 0 Å². The highest BCUT2D eigenvalue weighted by Crippen LogP contribution is 2.26. The molecule has 1 saturated heterocycles. The van der Waals surface area contributed by atoms with Crippen LogP contribution < -0.4 is 9.62 Å². The summed E-state index contributed by atoms with van der Waals surface area (Å²) in [5.74, 6) is -1.69. The second kappa shape index (κ2) is 6.80. The Morgan fingerprint density at radius 1 is 1.29 bits per heavy atom. The van der Waals surface area contributed by atoms with Crippen molar-refractivity contribution in [1.29, 1.82) is 0 Å². The quantitative estimate of drug-likeness (QED) is 0.831. The van der Waals surface area contributed by atoms with Crippen LogP contribution in [0.5, 0.6) is 0 Å². The fourth-order valence-corrected chi connectivity index (χ4v) is 4.28. The Morgan fingerprint density at radius 2 is 1.96 bits per heavy atom. The Balaban J connectivity index is 2.24. The van der Waals surface area contributed by atoms with E-state index in [9.17, 15) is 18.0 Å². The van der Waals surface area contributed by atoms with E-state index in [1.807, 2.05) is 0 Å². The Hall–Kier alpha value is -2.09. The first-order chi connectivity index (χ1) is 11.1. The topological polar surface area (TPSA) is 104 Å². The molecule has 2 rings (SSSR count). The van der Waals surface area contributed by atoms with Crippen LogP contribution in [0.25, 0.3) is 0 Å². The predicted octanol–water partition coefficient (Wildman–Crippen LogP) is 1.37. The zero-order chi connectivity index (χ0) is 18.1. The Bertz CT molecular complexity index is 758. The van der Waals surface area contributed by atoms with E-state index in [-0.39, 0.29) is 11.7 Å². The SMILES string of the molecule is Cc1cc(N2CCCS2(=O)=O)ccc1C(=O)N[C@@H](C(=O)O)C(C)C. The van der Waals surface area contributed by atoms with Crippen molar-refractivity contribution in [2.75, 3.05) is 16.6 Å². The van der Waals surface area contributed by atoms with Crippen molar-refractivity contribution in [1.82, 2.24) is 5.32 Å². The number of amides is 1. The molecule has 0 aliphatic carbocycles. The number of sulfonamides is 1. The third-order valence-corrected chi connectivity index (χ3v) is 5.93. The lowest BCUT2D eigenvalue weighted by atomic mass is 10.0. The molecule has 0 aromatic heterocycles. The lowest BCUT2D eigenvalue weighted by Gasteiger charge is -2.20. The number of hydrogen-bond donors (Lipinski definition) is 2. The van der Waals surface area contributed by atoms with Gasteiger partial charge in [-0.25, -0.2) is 13.2 Å². The van der Waals surface area contributed by atoms with E-state index in [1.54, 1.807) is 32.9 Å². The molecule has 24 heavy (non-hydrogen) atoms. The van der Waals surface area contributed by atoms with Crippen molar-refractivity contribution >= 4 is 27.6 Å². The third kappa shape index (κ3) is 3.69. The minimum absolute atomic E-state index is 0.128. The Labute approximate surface area is 141 Å². The molecule has 0 spiro atoms. The molecule has 0 saturated carbocycles. The van der Waals surface area contributed by atoms with Gasteiger partial charge in [0.25, 0.3) is 5.91 Å². The number of carbonyl (C=O) groups is 2. The first kappa shape index (κ1) is 18.3. The minimum atomic E-state index is -3.28. The summed E-state index contributed by atoms with van der Waals surface area (Å²) in [6.45, 7) is 5.56. The summed E-state index contributed by atoms with van der Waals surface area (Å²) in [5, 5.41) is 11.7. The number of nitrogens with zero attached hydrogens (tertiary/aromatic N) is 1. The number of aryl methyl sites for hydroxylation is 1. The van der Waals surface area contributed by atoms with Crippen molar-refractivity contribution < 1.29 is 23.1 Å². The van der Waals surface area contributed by atoms with Crippen molar-refractivity contribution in [3.8, 4) is 0 Å². The van der Waals surface area contributed by atoms with Crippen LogP contribution in [-0.4, -0.2) is 43.7 Å². The van der Waals surface area contributed by atoms with Crippen LogP contribution in [0.4, 0.5) is 5.69 Å². The summed E-state index contributed by atoms with van der Waals surface area (Å²) in [6, 6.07) is 3.78. The van der Waals surface area contributed by atoms with Gasteiger partial charge in [0.2, 0.25) is 10.0 Å². The summed E-state index contributed by atoms with van der Waals surface area (Å²) in [4.78, 5) is 23.5. The molecule has 0 radical (unpaired) electrons. The number of nitrogens with one attached hydrogen (secondary N) is 1. The number of hydrogen-bond acceptors (Lipinski definition) is 4. The highest BCUT2D eigenvalue weighted by atomic mass is 32.2. The van der Waals surface area contributed by atoms with Gasteiger partial charge in [-0.3, -0.25) is 9.10 Å². The van der Waals surface area contributed by atoms with E-state index in [0.29, 0.717) is 29.8 Å². The summed E-state index contributed by atoms with van der Waals surface area (Å²) in [6.07, 6.45) is 0.582. The highest BCUT2D eigenvalue weighted by Gasteiger charge is 2.29. The summed E-state index contributed by atoms with van der Waals surface area (Å²) in [7, 11) is -3.28. The maximum atomic E-state index is 12.3. The number of carbonyl (C=O) groups excluding carboxylic acids is 1. The fraction of sp³-hybridized carbons (Fsp3) is 0.500. The normalized spacial score (nSPS) is 17.8. The molecule has 1 aromatic rings. The number of benzene rings is 1. The molecule has 132 valence electrons. The van der Waals surface area contributed by atoms with Crippen molar-refractivity contribution in [2.45, 2.75) is 33.2 Å². The zero-order valence-corrected chi connectivity index (χ0v) is 14.8. The van der Waals surface area contributed by atoms with E-state index in [0.717, 1.165) is 0 Å². The molecule has 8 heteroatoms. The number of anilines is 1. The molecular formula is C16H22N2O5S. The number of rotatable bonds is 5. The molecule has 1 amide bonds. The van der Waals surface area contributed by atoms with E-state index in [4.69, 9.17) is 5.11 Å². The molecule has 1 heterocycles. The molecule has 1 aromatic carbocycles. The summed E-state index contributed by atoms with van der Waals surface area (Å²) >= 11 is 0. The number of carboxylic acid groups (broad SMARTS) is 1. The second-order valence-corrected chi connectivity index (χ2v) is 8.29. The summed E-state index contributed by atoms with van der Waals surface area (Å²) in [5.41, 5.74) is 1.46. The molecule has 1 atom stereocenters. The lowest BCUT2D eigenvalue weighted by molar-refractivity contribution is -0.140. The van der Waals surface area contributed by atoms with Crippen LogP contribution in [0.3, 0.4) is 0 Å². The van der Waals surface area contributed by atoms with Crippen LogP contribution >= 0.6 is 0 Å². The minimum Gasteiger partial charge on any atom is -0.480 e. The first-order valence-corrected chi connectivity index (χ1v) is 9.39. The van der Waals surface area contributed by atoms with Crippen LogP contribution in [0, 0.1) is 12.8 Å². The van der Waals surface area contributed by atoms with E-state index >= 15 is 0 Å². The van der Waals surface area contributed by atoms with Gasteiger partial charge in [-0.1, -0.05) is 13.8 Å². The van der Waals surface area contributed by atoms with Gasteiger partial charge in [-0.05, 0) is 43.0 Å². The zero-order valence-electron chi connectivity index (χ0n) is 13.9. The molecule has 1 fully saturated rings. The molecule has 2 N–H and O–H groups in total. The maximum Gasteiger partial charge on any atom is 0.326 e. The van der Waals surface area contributed by atoms with Gasteiger partial charge in [0.05, 0.1) is 11.4 Å².